The first kappa shape index (κ1) is 11.5. The van der Waals surface area contributed by atoms with Crippen molar-refractivity contribution in [3.8, 4) is 0 Å². The van der Waals surface area contributed by atoms with E-state index in [9.17, 15) is 0 Å². The van der Waals surface area contributed by atoms with Gasteiger partial charge in [0.2, 0.25) is 0 Å². The number of hydrogen-bond donors (Lipinski definition) is 0. The fourth-order valence-corrected chi connectivity index (χ4v) is 0.951. The van der Waals surface area contributed by atoms with E-state index >= 15 is 0 Å². The van der Waals surface area contributed by atoms with Gasteiger partial charge in [0.1, 0.15) is 6.61 Å². The Morgan fingerprint density at radius 2 is 1.83 bits per heavy atom. The molecule has 0 atom stereocenters. The fraction of sp³-hybridized carbons (Fsp3) is 0.800. The van der Waals surface area contributed by atoms with Gasteiger partial charge >= 0.3 is 0 Å². The van der Waals surface area contributed by atoms with Crippen LogP contribution < -0.4 is 0 Å². The highest BCUT2D eigenvalue weighted by Crippen LogP contribution is 2.08. The van der Waals surface area contributed by atoms with Crippen molar-refractivity contribution in [2.75, 3.05) is 27.2 Å². The van der Waals surface area contributed by atoms with Gasteiger partial charge in [0.05, 0.1) is 5.76 Å². The van der Waals surface area contributed by atoms with Crippen molar-refractivity contribution >= 4 is 0 Å². The Hall–Kier alpha value is -0.500. The van der Waals surface area contributed by atoms with E-state index in [1.165, 1.54) is 5.57 Å². The Bertz CT molecular complexity index is 146. The van der Waals surface area contributed by atoms with Crippen molar-refractivity contribution in [2.24, 2.45) is 0 Å². The molecule has 0 saturated carbocycles. The standard InChI is InChI=1S/C10H21NO/c1-6-10(9(2)3)12-8-7-11(4)5/h6-8H2,1-5H3. The maximum atomic E-state index is 5.60. The van der Waals surface area contributed by atoms with Crippen LogP contribution in [0, 0.1) is 0 Å². The van der Waals surface area contributed by atoms with Crippen LogP contribution in [0.25, 0.3) is 0 Å². The molecule has 0 aliphatic carbocycles. The zero-order valence-corrected chi connectivity index (χ0v) is 8.98. The molecular formula is C10H21NO. The van der Waals surface area contributed by atoms with E-state index in [0.717, 1.165) is 25.3 Å². The van der Waals surface area contributed by atoms with Crippen LogP contribution in [0.2, 0.25) is 0 Å². The molecule has 0 aromatic carbocycles. The van der Waals surface area contributed by atoms with Gasteiger partial charge in [-0.2, -0.15) is 0 Å². The summed E-state index contributed by atoms with van der Waals surface area (Å²) in [4.78, 5) is 2.12. The number of nitrogens with zero attached hydrogens (tertiary/aromatic N) is 1. The summed E-state index contributed by atoms with van der Waals surface area (Å²) >= 11 is 0. The third kappa shape index (κ3) is 5.19. The lowest BCUT2D eigenvalue weighted by Gasteiger charge is -2.13. The van der Waals surface area contributed by atoms with Crippen LogP contribution in [0.3, 0.4) is 0 Å². The van der Waals surface area contributed by atoms with Gasteiger partial charge in [0.15, 0.2) is 0 Å². The first-order valence-corrected chi connectivity index (χ1v) is 4.51. The van der Waals surface area contributed by atoms with E-state index in [1.807, 2.05) is 0 Å². The fourth-order valence-electron chi connectivity index (χ4n) is 0.951. The van der Waals surface area contributed by atoms with Gasteiger partial charge in [-0.25, -0.2) is 0 Å². The Balaban J connectivity index is 3.68. The Labute approximate surface area is 76.2 Å². The molecule has 12 heavy (non-hydrogen) atoms. The number of ether oxygens (including phenoxy) is 1. The van der Waals surface area contributed by atoms with Crippen LogP contribution >= 0.6 is 0 Å². The zero-order valence-electron chi connectivity index (χ0n) is 8.98. The molecule has 0 spiro atoms. The minimum atomic E-state index is 0.793. The molecular weight excluding hydrogens is 150 g/mol. The summed E-state index contributed by atoms with van der Waals surface area (Å²) in [5, 5.41) is 0. The second-order valence-electron chi connectivity index (χ2n) is 3.43. The van der Waals surface area contributed by atoms with E-state index in [0.29, 0.717) is 0 Å². The van der Waals surface area contributed by atoms with Crippen molar-refractivity contribution in [3.63, 3.8) is 0 Å². The van der Waals surface area contributed by atoms with Crippen LogP contribution in [0.1, 0.15) is 27.2 Å². The van der Waals surface area contributed by atoms with Crippen molar-refractivity contribution < 1.29 is 4.74 Å². The summed E-state index contributed by atoms with van der Waals surface area (Å²) in [6, 6.07) is 0. The molecule has 0 saturated heterocycles. The minimum absolute atomic E-state index is 0.793. The smallest absolute Gasteiger partial charge is 0.100 e. The van der Waals surface area contributed by atoms with Crippen LogP contribution in [-0.4, -0.2) is 32.1 Å². The van der Waals surface area contributed by atoms with E-state index in [4.69, 9.17) is 4.74 Å². The molecule has 0 radical (unpaired) electrons. The van der Waals surface area contributed by atoms with Crippen molar-refractivity contribution in [1.29, 1.82) is 0 Å². The molecule has 0 heterocycles. The Kier molecular flexibility index (Phi) is 5.81. The van der Waals surface area contributed by atoms with E-state index < -0.39 is 0 Å². The van der Waals surface area contributed by atoms with Gasteiger partial charge in [0, 0.05) is 13.0 Å². The predicted octanol–water partition coefficient (Wildman–Crippen LogP) is 2.27. The van der Waals surface area contributed by atoms with Gasteiger partial charge in [-0.05, 0) is 33.5 Å². The second-order valence-corrected chi connectivity index (χ2v) is 3.43. The predicted molar refractivity (Wildman–Crippen MR) is 53.2 cm³/mol. The monoisotopic (exact) mass is 171 g/mol. The number of likely N-dealkylation sites (N-methyl/N-ethyl adjacent to an activating group) is 1. The van der Waals surface area contributed by atoms with Crippen molar-refractivity contribution in [1.82, 2.24) is 4.90 Å². The van der Waals surface area contributed by atoms with Crippen molar-refractivity contribution in [3.05, 3.63) is 11.3 Å². The van der Waals surface area contributed by atoms with Gasteiger partial charge in [-0.3, -0.25) is 0 Å². The van der Waals surface area contributed by atoms with Gasteiger partial charge < -0.3 is 9.64 Å². The molecule has 0 aliphatic heterocycles. The average molecular weight is 171 g/mol. The summed E-state index contributed by atoms with van der Waals surface area (Å²) in [7, 11) is 4.11. The van der Waals surface area contributed by atoms with E-state index in [1.54, 1.807) is 0 Å². The quantitative estimate of drug-likeness (QED) is 0.588. The Morgan fingerprint density at radius 3 is 2.17 bits per heavy atom. The van der Waals surface area contributed by atoms with Crippen molar-refractivity contribution in [2.45, 2.75) is 27.2 Å². The normalized spacial score (nSPS) is 10.2. The molecule has 0 bridgehead atoms. The van der Waals surface area contributed by atoms with Gasteiger partial charge in [-0.15, -0.1) is 0 Å². The van der Waals surface area contributed by atoms with Gasteiger partial charge in [-0.1, -0.05) is 6.92 Å². The van der Waals surface area contributed by atoms with E-state index in [-0.39, 0.29) is 0 Å². The number of allylic oxidation sites excluding steroid dienone is 2. The average Bonchev–Trinajstić information content (AvgIpc) is 1.96. The molecule has 2 nitrogen and oxygen atoms in total. The molecule has 2 heteroatoms. The molecule has 0 rings (SSSR count). The molecule has 0 N–H and O–H groups in total. The molecule has 0 aliphatic rings. The lowest BCUT2D eigenvalue weighted by Crippen LogP contribution is -2.18. The summed E-state index contributed by atoms with van der Waals surface area (Å²) in [6.45, 7) is 8.08. The van der Waals surface area contributed by atoms with Crippen LogP contribution in [0.5, 0.6) is 0 Å². The van der Waals surface area contributed by atoms with E-state index in [2.05, 4.69) is 39.8 Å². The zero-order chi connectivity index (χ0) is 9.56. The lowest BCUT2D eigenvalue weighted by atomic mass is 10.2. The highest BCUT2D eigenvalue weighted by Gasteiger charge is 1.97. The van der Waals surface area contributed by atoms with Crippen LogP contribution in [0.4, 0.5) is 0 Å². The molecule has 0 aromatic heterocycles. The third-order valence-electron chi connectivity index (χ3n) is 1.69. The first-order valence-electron chi connectivity index (χ1n) is 4.51. The molecule has 0 amide bonds. The number of rotatable bonds is 5. The van der Waals surface area contributed by atoms with Gasteiger partial charge in [0.25, 0.3) is 0 Å². The summed E-state index contributed by atoms with van der Waals surface area (Å²) in [5.74, 6) is 1.14. The Morgan fingerprint density at radius 1 is 1.25 bits per heavy atom. The molecule has 0 aromatic rings. The maximum absolute atomic E-state index is 5.60. The molecule has 0 fully saturated rings. The first-order chi connectivity index (χ1) is 5.57. The minimum Gasteiger partial charge on any atom is -0.497 e. The largest absolute Gasteiger partial charge is 0.497 e. The SMILES string of the molecule is CCC(OCCN(C)C)=C(C)C. The summed E-state index contributed by atoms with van der Waals surface area (Å²) in [6.07, 6.45) is 0.996. The third-order valence-corrected chi connectivity index (χ3v) is 1.69. The second kappa shape index (κ2) is 6.06. The number of hydrogen-bond acceptors (Lipinski definition) is 2. The van der Waals surface area contributed by atoms with Crippen LogP contribution in [-0.2, 0) is 4.74 Å². The molecule has 72 valence electrons. The highest BCUT2D eigenvalue weighted by atomic mass is 16.5. The molecule has 0 unspecified atom stereocenters. The highest BCUT2D eigenvalue weighted by molar-refractivity contribution is 5.01. The summed E-state index contributed by atoms with van der Waals surface area (Å²) < 4.78 is 5.60. The topological polar surface area (TPSA) is 12.5 Å². The maximum Gasteiger partial charge on any atom is 0.100 e. The van der Waals surface area contributed by atoms with Crippen LogP contribution in [0.15, 0.2) is 11.3 Å². The summed E-state index contributed by atoms with van der Waals surface area (Å²) in [5.41, 5.74) is 1.29. The lowest BCUT2D eigenvalue weighted by molar-refractivity contribution is 0.174.